The van der Waals surface area contributed by atoms with Gasteiger partial charge in [-0.2, -0.15) is 0 Å². The van der Waals surface area contributed by atoms with Gasteiger partial charge >= 0.3 is 11.9 Å². The molecular weight excluding hydrogens is 316 g/mol. The molecule has 0 fully saturated rings. The molecule has 1 atom stereocenters. The van der Waals surface area contributed by atoms with Crippen molar-refractivity contribution in [3.8, 4) is 0 Å². The lowest BCUT2D eigenvalue weighted by Gasteiger charge is -2.12. The van der Waals surface area contributed by atoms with E-state index in [1.54, 1.807) is 24.3 Å². The van der Waals surface area contributed by atoms with E-state index in [9.17, 15) is 9.59 Å². The summed E-state index contributed by atoms with van der Waals surface area (Å²) >= 11 is 3.31. The maximum Gasteiger partial charge on any atom is 0.375 e. The van der Waals surface area contributed by atoms with Crippen molar-refractivity contribution in [3.05, 3.63) is 45.6 Å². The van der Waals surface area contributed by atoms with Gasteiger partial charge in [0.15, 0.2) is 6.10 Å². The summed E-state index contributed by atoms with van der Waals surface area (Å²) in [6.07, 6.45) is -0.803. The Bertz CT molecular complexity index is 547. The largest absolute Gasteiger partial charge is 0.489 e. The van der Waals surface area contributed by atoms with Crippen LogP contribution in [0.15, 0.2) is 40.1 Å². The van der Waals surface area contributed by atoms with E-state index in [0.29, 0.717) is 5.56 Å². The second kappa shape index (κ2) is 5.44. The number of methoxy groups -OCH3 is 2. The van der Waals surface area contributed by atoms with Crippen LogP contribution in [0, 0.1) is 0 Å². The van der Waals surface area contributed by atoms with Crippen molar-refractivity contribution in [2.24, 2.45) is 0 Å². The Morgan fingerprint density at radius 1 is 1.26 bits per heavy atom. The van der Waals surface area contributed by atoms with Crippen LogP contribution in [0.5, 0.6) is 0 Å². The number of benzene rings is 1. The summed E-state index contributed by atoms with van der Waals surface area (Å²) < 4.78 is 15.7. The minimum Gasteiger partial charge on any atom is -0.489 e. The molecular formula is C13H11BrO5. The summed E-state index contributed by atoms with van der Waals surface area (Å²) in [5.41, 5.74) is 0.751. The summed E-state index contributed by atoms with van der Waals surface area (Å²) in [5, 5.41) is 0. The van der Waals surface area contributed by atoms with Gasteiger partial charge in [-0.1, -0.05) is 28.1 Å². The Kier molecular flexibility index (Phi) is 3.90. The van der Waals surface area contributed by atoms with Crippen LogP contribution in [0.2, 0.25) is 0 Å². The molecule has 5 nitrogen and oxygen atoms in total. The van der Waals surface area contributed by atoms with Gasteiger partial charge in [0.25, 0.3) is 0 Å². The Hall–Kier alpha value is -1.82. The van der Waals surface area contributed by atoms with Crippen LogP contribution in [0.4, 0.5) is 0 Å². The van der Waals surface area contributed by atoms with Crippen LogP contribution in [0.3, 0.4) is 0 Å². The highest BCUT2D eigenvalue weighted by atomic mass is 79.9. The monoisotopic (exact) mass is 326 g/mol. The number of hydrogen-bond acceptors (Lipinski definition) is 5. The van der Waals surface area contributed by atoms with Crippen LogP contribution >= 0.6 is 15.9 Å². The van der Waals surface area contributed by atoms with Gasteiger partial charge in [-0.3, -0.25) is 0 Å². The lowest BCUT2D eigenvalue weighted by Crippen LogP contribution is -2.12. The fourth-order valence-corrected chi connectivity index (χ4v) is 2.09. The van der Waals surface area contributed by atoms with E-state index in [0.717, 1.165) is 4.47 Å². The second-order valence-corrected chi connectivity index (χ2v) is 4.69. The first-order valence-electron chi connectivity index (χ1n) is 5.41. The molecule has 100 valence electrons. The van der Waals surface area contributed by atoms with Crippen LogP contribution in [-0.2, 0) is 23.8 Å². The molecule has 6 heteroatoms. The number of rotatable bonds is 3. The number of esters is 2. The van der Waals surface area contributed by atoms with Crippen molar-refractivity contribution >= 4 is 27.9 Å². The van der Waals surface area contributed by atoms with Gasteiger partial charge in [-0.15, -0.1) is 0 Å². The molecule has 1 heterocycles. The van der Waals surface area contributed by atoms with Gasteiger partial charge in [0.2, 0.25) is 5.76 Å². The van der Waals surface area contributed by atoms with Crippen molar-refractivity contribution in [2.45, 2.75) is 6.10 Å². The van der Waals surface area contributed by atoms with Crippen molar-refractivity contribution in [1.82, 2.24) is 0 Å². The standard InChI is InChI=1S/C13H11BrO5/c1-17-11-9(12(15)18-2)10(19-13(11)16)7-3-5-8(14)6-4-7/h3-6,10H,1-2H3. The number of carbonyl (C=O) groups is 2. The summed E-state index contributed by atoms with van der Waals surface area (Å²) in [7, 11) is 2.55. The Labute approximate surface area is 118 Å². The zero-order valence-corrected chi connectivity index (χ0v) is 11.9. The van der Waals surface area contributed by atoms with Gasteiger partial charge in [0, 0.05) is 4.47 Å². The van der Waals surface area contributed by atoms with Gasteiger partial charge in [0.1, 0.15) is 5.57 Å². The summed E-state index contributed by atoms with van der Waals surface area (Å²) in [5.74, 6) is -1.42. The molecule has 0 radical (unpaired) electrons. The van der Waals surface area contributed by atoms with E-state index in [2.05, 4.69) is 20.7 Å². The minimum absolute atomic E-state index is 0.0809. The topological polar surface area (TPSA) is 61.8 Å². The van der Waals surface area contributed by atoms with Crippen LogP contribution in [-0.4, -0.2) is 26.2 Å². The Morgan fingerprint density at radius 2 is 1.89 bits per heavy atom. The van der Waals surface area contributed by atoms with E-state index in [4.69, 9.17) is 9.47 Å². The maximum absolute atomic E-state index is 11.8. The molecule has 0 bridgehead atoms. The molecule has 0 saturated carbocycles. The van der Waals surface area contributed by atoms with Crippen molar-refractivity contribution in [1.29, 1.82) is 0 Å². The Morgan fingerprint density at radius 3 is 2.42 bits per heavy atom. The van der Waals surface area contributed by atoms with E-state index in [1.165, 1.54) is 14.2 Å². The number of ether oxygens (including phenoxy) is 3. The fraction of sp³-hybridized carbons (Fsp3) is 0.231. The minimum atomic E-state index is -0.803. The zero-order valence-electron chi connectivity index (χ0n) is 10.3. The average Bonchev–Trinajstić information content (AvgIpc) is 2.75. The van der Waals surface area contributed by atoms with Crippen LogP contribution in [0.1, 0.15) is 11.7 Å². The number of halogens is 1. The first-order valence-corrected chi connectivity index (χ1v) is 6.20. The number of hydrogen-bond donors (Lipinski definition) is 0. The number of cyclic esters (lactones) is 1. The van der Waals surface area contributed by atoms with E-state index < -0.39 is 18.0 Å². The maximum atomic E-state index is 11.8. The van der Waals surface area contributed by atoms with E-state index in [-0.39, 0.29) is 11.3 Å². The van der Waals surface area contributed by atoms with Crippen LogP contribution in [0.25, 0.3) is 0 Å². The molecule has 1 aromatic rings. The molecule has 1 unspecified atom stereocenters. The lowest BCUT2D eigenvalue weighted by molar-refractivity contribution is -0.143. The molecule has 19 heavy (non-hydrogen) atoms. The average molecular weight is 327 g/mol. The molecule has 0 saturated heterocycles. The molecule has 2 rings (SSSR count). The van der Waals surface area contributed by atoms with Crippen molar-refractivity contribution < 1.29 is 23.8 Å². The quantitative estimate of drug-likeness (QED) is 0.796. The summed E-state index contributed by atoms with van der Waals surface area (Å²) in [6, 6.07) is 7.10. The third-order valence-corrected chi connectivity index (χ3v) is 3.23. The molecule has 1 aromatic carbocycles. The first-order chi connectivity index (χ1) is 9.08. The molecule has 0 aliphatic carbocycles. The van der Waals surface area contributed by atoms with Gasteiger partial charge in [-0.25, -0.2) is 9.59 Å². The SMILES string of the molecule is COC(=O)C1=C(OC)C(=O)OC1c1ccc(Br)cc1. The molecule has 1 aliphatic rings. The van der Waals surface area contributed by atoms with Crippen molar-refractivity contribution in [2.75, 3.05) is 14.2 Å². The highest BCUT2D eigenvalue weighted by Gasteiger charge is 2.41. The highest BCUT2D eigenvalue weighted by molar-refractivity contribution is 9.10. The Balaban J connectivity index is 2.46. The molecule has 1 aliphatic heterocycles. The highest BCUT2D eigenvalue weighted by Crippen LogP contribution is 2.36. The lowest BCUT2D eigenvalue weighted by atomic mass is 10.0. The smallest absolute Gasteiger partial charge is 0.375 e. The van der Waals surface area contributed by atoms with Gasteiger partial charge in [-0.05, 0) is 17.7 Å². The number of carbonyl (C=O) groups excluding carboxylic acids is 2. The van der Waals surface area contributed by atoms with Crippen molar-refractivity contribution in [3.63, 3.8) is 0 Å². The summed E-state index contributed by atoms with van der Waals surface area (Å²) in [6.45, 7) is 0. The van der Waals surface area contributed by atoms with Gasteiger partial charge < -0.3 is 14.2 Å². The fourth-order valence-electron chi connectivity index (χ4n) is 1.82. The molecule has 0 aromatic heterocycles. The van der Waals surface area contributed by atoms with Crippen LogP contribution < -0.4 is 0 Å². The molecule has 0 spiro atoms. The first kappa shape index (κ1) is 13.6. The van der Waals surface area contributed by atoms with E-state index >= 15 is 0 Å². The van der Waals surface area contributed by atoms with E-state index in [1.807, 2.05) is 0 Å². The molecule has 0 N–H and O–H groups in total. The molecule has 0 amide bonds. The zero-order chi connectivity index (χ0) is 14.0. The van der Waals surface area contributed by atoms with Gasteiger partial charge in [0.05, 0.1) is 14.2 Å². The third-order valence-electron chi connectivity index (χ3n) is 2.70. The normalized spacial score (nSPS) is 18.3. The predicted molar refractivity (Wildman–Crippen MR) is 69.0 cm³/mol. The predicted octanol–water partition coefficient (Wildman–Crippen LogP) is 2.12. The second-order valence-electron chi connectivity index (χ2n) is 3.78. The summed E-state index contributed by atoms with van der Waals surface area (Å²) in [4.78, 5) is 23.4. The third kappa shape index (κ3) is 2.49.